The lowest BCUT2D eigenvalue weighted by Gasteiger charge is -2.27. The van der Waals surface area contributed by atoms with E-state index in [1.54, 1.807) is 0 Å². The topological polar surface area (TPSA) is 111 Å². The molecule has 3 atom stereocenters. The van der Waals surface area contributed by atoms with Crippen LogP contribution >= 0.6 is 7.82 Å². The van der Waals surface area contributed by atoms with Crippen LogP contribution in [0.1, 0.15) is 393 Å². The van der Waals surface area contributed by atoms with E-state index in [4.69, 9.17) is 13.8 Å². The van der Waals surface area contributed by atoms with E-state index in [2.05, 4.69) is 80.8 Å². The number of carbonyl (C=O) groups is 2. The molecule has 0 fully saturated rings. The number of phosphoric ester groups is 1. The molecule has 1 amide bonds. The zero-order valence-corrected chi connectivity index (χ0v) is 62.2. The average Bonchev–Trinajstić information content (AvgIpc) is 3.73. The number of esters is 1. The summed E-state index contributed by atoms with van der Waals surface area (Å²) in [6.45, 7) is 7.05. The normalized spacial score (nSPS) is 13.7. The Morgan fingerprint density at radius 3 is 1.02 bits per heavy atom. The first kappa shape index (κ1) is 88.7. The van der Waals surface area contributed by atoms with Crippen molar-refractivity contribution >= 4 is 19.7 Å². The SMILES string of the molecule is CCCCC/C=C\C/C=C\C/C=C\C/C=C\CCCCCCCCCCCC(=O)NC(COP(=O)(O)OCC[N+](C)(C)C)C(/C=C/CCCCCCCCCCCCC)OC(=O)CCCCCCCCCCCCCCCCCCCCCCCCCCCCC. The lowest BCUT2D eigenvalue weighted by Crippen LogP contribution is -2.47. The molecule has 9 nitrogen and oxygen atoms in total. The summed E-state index contributed by atoms with van der Waals surface area (Å²) in [7, 11) is 1.51. The number of amides is 1. The highest BCUT2D eigenvalue weighted by molar-refractivity contribution is 7.47. The lowest BCUT2D eigenvalue weighted by molar-refractivity contribution is -0.870. The van der Waals surface area contributed by atoms with Crippen LogP contribution in [0.5, 0.6) is 0 Å². The second-order valence-corrected chi connectivity index (χ2v) is 29.7. The van der Waals surface area contributed by atoms with Gasteiger partial charge in [0.05, 0.1) is 33.8 Å². The Hall–Kier alpha value is -2.29. The Labute approximate surface area is 566 Å². The van der Waals surface area contributed by atoms with E-state index in [1.165, 1.54) is 270 Å². The first-order chi connectivity index (χ1) is 44.4. The van der Waals surface area contributed by atoms with Crippen molar-refractivity contribution in [3.05, 3.63) is 60.8 Å². The van der Waals surface area contributed by atoms with E-state index >= 15 is 0 Å². The van der Waals surface area contributed by atoms with Crippen molar-refractivity contribution in [3.8, 4) is 0 Å². The Balaban J connectivity index is 4.97. The summed E-state index contributed by atoms with van der Waals surface area (Å²) in [5.74, 6) is -0.493. The Morgan fingerprint density at radius 1 is 0.385 bits per heavy atom. The van der Waals surface area contributed by atoms with Gasteiger partial charge in [-0.15, -0.1) is 0 Å². The van der Waals surface area contributed by atoms with Gasteiger partial charge in [-0.25, -0.2) is 4.57 Å². The van der Waals surface area contributed by atoms with Crippen LogP contribution in [0.2, 0.25) is 0 Å². The number of hydrogen-bond donors (Lipinski definition) is 2. The van der Waals surface area contributed by atoms with Gasteiger partial charge in [0.1, 0.15) is 19.3 Å². The second-order valence-electron chi connectivity index (χ2n) is 28.2. The van der Waals surface area contributed by atoms with Gasteiger partial charge in [-0.2, -0.15) is 0 Å². The third-order valence-corrected chi connectivity index (χ3v) is 18.9. The third-order valence-electron chi connectivity index (χ3n) is 18.0. The van der Waals surface area contributed by atoms with Crippen molar-refractivity contribution < 1.29 is 37.3 Å². The van der Waals surface area contributed by atoms with Crippen LogP contribution in [0, 0.1) is 0 Å². The fourth-order valence-electron chi connectivity index (χ4n) is 11.9. The standard InChI is InChI=1S/C81H153N2O7P/c1-7-10-13-16-19-22-25-28-30-32-34-36-38-40-41-43-45-47-49-51-53-56-59-62-65-68-71-74-81(85)90-79(72-69-66-63-60-57-54-27-24-21-18-15-12-9-3)78(77-89-91(86,87)88-76-75-83(4,5)6)82-80(84)73-70-67-64-61-58-55-52-50-48-46-44-42-39-37-35-33-31-29-26-23-20-17-14-11-8-2/h20,23,29,31,35,37,42,44,69,72,78-79H,7-19,21-22,24-28,30,32-34,36,38-41,43,45-68,70-71,73-77H2,1-6H3,(H-,82,84,86,87)/p+1/b23-20-,31-29-,37-35-,44-42-,72-69+. The van der Waals surface area contributed by atoms with Gasteiger partial charge >= 0.3 is 13.8 Å². The molecule has 0 aromatic rings. The van der Waals surface area contributed by atoms with E-state index in [9.17, 15) is 19.0 Å². The highest BCUT2D eigenvalue weighted by Crippen LogP contribution is 2.43. The van der Waals surface area contributed by atoms with Crippen molar-refractivity contribution in [3.63, 3.8) is 0 Å². The van der Waals surface area contributed by atoms with Crippen LogP contribution < -0.4 is 5.32 Å². The summed E-state index contributed by atoms with van der Waals surface area (Å²) in [4.78, 5) is 38.0. The number of likely N-dealkylation sites (N-methyl/N-ethyl adjacent to an activating group) is 1. The molecule has 0 aliphatic heterocycles. The van der Waals surface area contributed by atoms with Crippen LogP contribution in [0.3, 0.4) is 0 Å². The molecule has 3 unspecified atom stereocenters. The number of nitrogens with zero attached hydrogens (tertiary/aromatic N) is 1. The van der Waals surface area contributed by atoms with Gasteiger partial charge in [0, 0.05) is 12.8 Å². The zero-order valence-electron chi connectivity index (χ0n) is 61.4. The van der Waals surface area contributed by atoms with E-state index in [1.807, 2.05) is 27.2 Å². The third kappa shape index (κ3) is 71.8. The number of unbranched alkanes of at least 4 members (excludes halogenated alkanes) is 49. The number of nitrogens with one attached hydrogen (secondary N) is 1. The number of allylic oxidation sites excluding steroid dienone is 9. The zero-order chi connectivity index (χ0) is 66.3. The average molecular weight is 1300 g/mol. The summed E-state index contributed by atoms with van der Waals surface area (Å²) >= 11 is 0. The smallest absolute Gasteiger partial charge is 0.456 e. The minimum absolute atomic E-state index is 0.0397. The van der Waals surface area contributed by atoms with Gasteiger partial charge in [-0.3, -0.25) is 18.6 Å². The summed E-state index contributed by atoms with van der Waals surface area (Å²) in [6, 6.07) is -0.853. The van der Waals surface area contributed by atoms with Gasteiger partial charge < -0.3 is 19.4 Å². The van der Waals surface area contributed by atoms with Crippen LogP contribution in [0.15, 0.2) is 60.8 Å². The Kier molecular flexibility index (Phi) is 68.7. The molecule has 0 rings (SSSR count). The molecule has 0 heterocycles. The summed E-state index contributed by atoms with van der Waals surface area (Å²) in [5, 5.41) is 3.08. The van der Waals surface area contributed by atoms with Gasteiger partial charge in [-0.1, -0.05) is 364 Å². The van der Waals surface area contributed by atoms with Gasteiger partial charge in [0.25, 0.3) is 0 Å². The highest BCUT2D eigenvalue weighted by Gasteiger charge is 2.30. The number of phosphoric acid groups is 1. The molecule has 91 heavy (non-hydrogen) atoms. The van der Waals surface area contributed by atoms with E-state index < -0.39 is 20.0 Å². The van der Waals surface area contributed by atoms with Gasteiger partial charge in [0.2, 0.25) is 5.91 Å². The number of rotatable bonds is 73. The van der Waals surface area contributed by atoms with E-state index in [-0.39, 0.29) is 25.1 Å². The predicted octanol–water partition coefficient (Wildman–Crippen LogP) is 25.7. The molecule has 0 radical (unpaired) electrons. The summed E-state index contributed by atoms with van der Waals surface area (Å²) in [5.41, 5.74) is 0. The minimum atomic E-state index is -4.46. The van der Waals surface area contributed by atoms with Crippen molar-refractivity contribution in [2.45, 2.75) is 405 Å². The number of quaternary nitrogens is 1. The summed E-state index contributed by atoms with van der Waals surface area (Å²) < 4.78 is 30.9. The molecule has 0 aromatic carbocycles. The molecule has 0 aliphatic rings. The largest absolute Gasteiger partial charge is 0.472 e. The first-order valence-electron chi connectivity index (χ1n) is 39.6. The van der Waals surface area contributed by atoms with E-state index in [0.29, 0.717) is 23.9 Å². The Morgan fingerprint density at radius 2 is 0.670 bits per heavy atom. The molecule has 0 saturated heterocycles. The maximum Gasteiger partial charge on any atom is 0.472 e. The molecule has 0 aliphatic carbocycles. The quantitative estimate of drug-likeness (QED) is 0.0205. The van der Waals surface area contributed by atoms with Gasteiger partial charge in [0.15, 0.2) is 0 Å². The van der Waals surface area contributed by atoms with Crippen LogP contribution in [0.4, 0.5) is 0 Å². The monoisotopic (exact) mass is 1300 g/mol. The molecular weight excluding hydrogens is 1140 g/mol. The molecule has 0 aromatic heterocycles. The second kappa shape index (κ2) is 70.5. The van der Waals surface area contributed by atoms with Gasteiger partial charge in [-0.05, 0) is 76.7 Å². The van der Waals surface area contributed by atoms with Crippen molar-refractivity contribution in [1.82, 2.24) is 5.32 Å². The van der Waals surface area contributed by atoms with Crippen LogP contribution in [-0.2, 0) is 27.9 Å². The number of carbonyl (C=O) groups excluding carboxylic acids is 2. The molecule has 2 N–H and O–H groups in total. The van der Waals surface area contributed by atoms with Crippen molar-refractivity contribution in [2.75, 3.05) is 40.9 Å². The molecular formula is C81H154N2O7P+. The number of ether oxygens (including phenoxy) is 1. The fraction of sp³-hybridized carbons (Fsp3) is 0.852. The predicted molar refractivity (Wildman–Crippen MR) is 397 cm³/mol. The van der Waals surface area contributed by atoms with Crippen LogP contribution in [-0.4, -0.2) is 74.3 Å². The van der Waals surface area contributed by atoms with E-state index in [0.717, 1.165) is 89.9 Å². The van der Waals surface area contributed by atoms with Crippen molar-refractivity contribution in [1.29, 1.82) is 0 Å². The number of hydrogen-bond acceptors (Lipinski definition) is 6. The minimum Gasteiger partial charge on any atom is -0.456 e. The fourth-order valence-corrected chi connectivity index (χ4v) is 12.6. The maximum atomic E-state index is 13.7. The highest BCUT2D eigenvalue weighted by atomic mass is 31.2. The molecule has 0 bridgehead atoms. The lowest BCUT2D eigenvalue weighted by atomic mass is 10.0. The molecule has 534 valence electrons. The molecule has 0 saturated carbocycles. The van der Waals surface area contributed by atoms with Crippen molar-refractivity contribution in [2.24, 2.45) is 0 Å². The molecule has 0 spiro atoms. The first-order valence-corrected chi connectivity index (χ1v) is 41.1. The maximum absolute atomic E-state index is 13.7. The molecule has 10 heteroatoms. The Bertz CT molecular complexity index is 1740. The summed E-state index contributed by atoms with van der Waals surface area (Å²) in [6.07, 6.45) is 92.5. The van der Waals surface area contributed by atoms with Crippen LogP contribution in [0.25, 0.3) is 0 Å².